The third kappa shape index (κ3) is 3.75. The maximum atomic E-state index is 6.11. The summed E-state index contributed by atoms with van der Waals surface area (Å²) in [6.07, 6.45) is 1.05. The highest BCUT2D eigenvalue weighted by Gasteiger charge is 2.15. The molecule has 2 aromatic rings. The Morgan fingerprint density at radius 3 is 2.74 bits per heavy atom. The van der Waals surface area contributed by atoms with Gasteiger partial charge < -0.3 is 15.9 Å². The van der Waals surface area contributed by atoms with E-state index in [1.807, 2.05) is 31.7 Å². The van der Waals surface area contributed by atoms with Crippen LogP contribution in [0.15, 0.2) is 28.7 Å². The first-order valence-corrected chi connectivity index (χ1v) is 7.76. The van der Waals surface area contributed by atoms with E-state index in [1.165, 1.54) is 0 Å². The number of thioether (sulfide) groups is 1. The maximum Gasteiger partial charge on any atom is 0.134 e. The Hall–Kier alpha value is -0.970. The van der Waals surface area contributed by atoms with Crippen LogP contribution in [0.3, 0.4) is 0 Å². The third-order valence-corrected chi connectivity index (χ3v) is 4.12. The second kappa shape index (κ2) is 5.99. The number of nitrogens with two attached hydrogens (primary N) is 2. The number of hydrogen-bond donors (Lipinski definition) is 2. The molecule has 3 nitrogen and oxygen atoms in total. The van der Waals surface area contributed by atoms with Crippen molar-refractivity contribution in [2.45, 2.75) is 31.6 Å². The molecule has 0 unspecified atom stereocenters. The lowest BCUT2D eigenvalue weighted by atomic mass is 9.95. The monoisotopic (exact) mass is 278 g/mol. The molecule has 0 saturated carbocycles. The zero-order valence-electron chi connectivity index (χ0n) is 11.6. The van der Waals surface area contributed by atoms with Crippen molar-refractivity contribution in [2.75, 3.05) is 12.3 Å². The highest BCUT2D eigenvalue weighted by atomic mass is 32.2. The van der Waals surface area contributed by atoms with Gasteiger partial charge in [-0.25, -0.2) is 0 Å². The molecule has 1 heterocycles. The minimum absolute atomic E-state index is 0.336. The SMILES string of the molecule is CC(C)(N)c1ccc2cc(CSCCCN)oc2c1. The summed E-state index contributed by atoms with van der Waals surface area (Å²) in [6, 6.07) is 8.31. The lowest BCUT2D eigenvalue weighted by Crippen LogP contribution is -2.28. The summed E-state index contributed by atoms with van der Waals surface area (Å²) in [4.78, 5) is 0. The average Bonchev–Trinajstić information content (AvgIpc) is 2.75. The van der Waals surface area contributed by atoms with Crippen LogP contribution in [0.2, 0.25) is 0 Å². The van der Waals surface area contributed by atoms with Crippen LogP contribution in [0, 0.1) is 0 Å². The molecule has 1 aromatic heterocycles. The van der Waals surface area contributed by atoms with E-state index in [0.29, 0.717) is 0 Å². The van der Waals surface area contributed by atoms with Gasteiger partial charge in [0.15, 0.2) is 0 Å². The molecule has 0 aliphatic carbocycles. The summed E-state index contributed by atoms with van der Waals surface area (Å²) in [5.74, 6) is 2.99. The van der Waals surface area contributed by atoms with Gasteiger partial charge in [-0.05, 0) is 50.3 Å². The Balaban J connectivity index is 2.12. The maximum absolute atomic E-state index is 6.11. The Bertz CT molecular complexity index is 543. The van der Waals surface area contributed by atoms with Crippen LogP contribution in [0.1, 0.15) is 31.6 Å². The van der Waals surface area contributed by atoms with Crippen LogP contribution in [0.5, 0.6) is 0 Å². The second-order valence-electron chi connectivity index (χ2n) is 5.38. The second-order valence-corrected chi connectivity index (χ2v) is 6.49. The summed E-state index contributed by atoms with van der Waals surface area (Å²) in [5, 5.41) is 1.14. The number of furan rings is 1. The average molecular weight is 278 g/mol. The molecule has 0 amide bonds. The predicted octanol–water partition coefficient (Wildman–Crippen LogP) is 3.21. The molecule has 104 valence electrons. The topological polar surface area (TPSA) is 65.2 Å². The third-order valence-electron chi connectivity index (χ3n) is 3.05. The molecule has 4 N–H and O–H groups in total. The molecule has 0 atom stereocenters. The quantitative estimate of drug-likeness (QED) is 0.796. The summed E-state index contributed by atoms with van der Waals surface area (Å²) >= 11 is 1.86. The fourth-order valence-electron chi connectivity index (χ4n) is 1.92. The molecule has 4 heteroatoms. The van der Waals surface area contributed by atoms with Gasteiger partial charge in [-0.15, -0.1) is 0 Å². The number of benzene rings is 1. The fraction of sp³-hybridized carbons (Fsp3) is 0.467. The van der Waals surface area contributed by atoms with Gasteiger partial charge in [0.25, 0.3) is 0 Å². The molecular formula is C15H22N2OS. The summed E-state index contributed by atoms with van der Waals surface area (Å²) < 4.78 is 5.88. The Kier molecular flexibility index (Phi) is 4.55. The smallest absolute Gasteiger partial charge is 0.134 e. The van der Waals surface area contributed by atoms with Gasteiger partial charge in [-0.1, -0.05) is 12.1 Å². The normalized spacial score (nSPS) is 12.2. The van der Waals surface area contributed by atoms with E-state index in [9.17, 15) is 0 Å². The number of hydrogen-bond acceptors (Lipinski definition) is 4. The van der Waals surface area contributed by atoms with Crippen molar-refractivity contribution in [1.82, 2.24) is 0 Å². The first-order chi connectivity index (χ1) is 9.00. The molecule has 19 heavy (non-hydrogen) atoms. The standard InChI is InChI=1S/C15H22N2OS/c1-15(2,17)12-5-4-11-8-13(18-14(11)9-12)10-19-7-3-6-16/h4-5,8-9H,3,6-7,10,16-17H2,1-2H3. The zero-order chi connectivity index (χ0) is 13.9. The first-order valence-electron chi connectivity index (χ1n) is 6.60. The highest BCUT2D eigenvalue weighted by Crippen LogP contribution is 2.27. The van der Waals surface area contributed by atoms with E-state index in [-0.39, 0.29) is 5.54 Å². The van der Waals surface area contributed by atoms with E-state index in [4.69, 9.17) is 15.9 Å². The van der Waals surface area contributed by atoms with Gasteiger partial charge in [0.2, 0.25) is 0 Å². The van der Waals surface area contributed by atoms with Crippen molar-refractivity contribution in [3.05, 3.63) is 35.6 Å². The Morgan fingerprint density at radius 1 is 1.26 bits per heavy atom. The van der Waals surface area contributed by atoms with Crippen molar-refractivity contribution in [3.63, 3.8) is 0 Å². The summed E-state index contributed by atoms with van der Waals surface area (Å²) in [6.45, 7) is 4.75. The molecule has 0 fully saturated rings. The number of fused-ring (bicyclic) bond motifs is 1. The highest BCUT2D eigenvalue weighted by molar-refractivity contribution is 7.98. The zero-order valence-corrected chi connectivity index (χ0v) is 12.4. The van der Waals surface area contributed by atoms with Crippen molar-refractivity contribution < 1.29 is 4.42 Å². The van der Waals surface area contributed by atoms with Crippen LogP contribution >= 0.6 is 11.8 Å². The van der Waals surface area contributed by atoms with Crippen LogP contribution < -0.4 is 11.5 Å². The van der Waals surface area contributed by atoms with Gasteiger partial charge >= 0.3 is 0 Å². The molecule has 0 aliphatic heterocycles. The Labute approximate surface area is 118 Å². The molecular weight excluding hydrogens is 256 g/mol. The molecule has 2 rings (SSSR count). The Morgan fingerprint density at radius 2 is 2.05 bits per heavy atom. The van der Waals surface area contributed by atoms with Crippen LogP contribution in [0.4, 0.5) is 0 Å². The van der Waals surface area contributed by atoms with Gasteiger partial charge in [-0.2, -0.15) is 11.8 Å². The van der Waals surface area contributed by atoms with Gasteiger partial charge in [-0.3, -0.25) is 0 Å². The minimum atomic E-state index is -0.336. The van der Waals surface area contributed by atoms with Gasteiger partial charge in [0, 0.05) is 10.9 Å². The largest absolute Gasteiger partial charge is 0.460 e. The molecule has 0 spiro atoms. The van der Waals surface area contributed by atoms with Gasteiger partial charge in [0.1, 0.15) is 11.3 Å². The van der Waals surface area contributed by atoms with E-state index in [2.05, 4.69) is 18.2 Å². The van der Waals surface area contributed by atoms with Crippen molar-refractivity contribution in [1.29, 1.82) is 0 Å². The molecule has 0 radical (unpaired) electrons. The minimum Gasteiger partial charge on any atom is -0.460 e. The first kappa shape index (κ1) is 14.4. The van der Waals surface area contributed by atoms with Gasteiger partial charge in [0.05, 0.1) is 5.75 Å². The van der Waals surface area contributed by atoms with Crippen LogP contribution in [-0.4, -0.2) is 12.3 Å². The van der Waals surface area contributed by atoms with Crippen LogP contribution in [-0.2, 0) is 11.3 Å². The molecule has 0 bridgehead atoms. The van der Waals surface area contributed by atoms with E-state index >= 15 is 0 Å². The summed E-state index contributed by atoms with van der Waals surface area (Å²) in [5.41, 5.74) is 13.3. The molecule has 0 saturated heterocycles. The summed E-state index contributed by atoms with van der Waals surface area (Å²) in [7, 11) is 0. The van der Waals surface area contributed by atoms with Crippen molar-refractivity contribution in [2.24, 2.45) is 11.5 Å². The van der Waals surface area contributed by atoms with Crippen molar-refractivity contribution in [3.8, 4) is 0 Å². The van der Waals surface area contributed by atoms with E-state index in [1.54, 1.807) is 0 Å². The fourth-order valence-corrected chi connectivity index (χ4v) is 2.77. The van der Waals surface area contributed by atoms with Crippen LogP contribution in [0.25, 0.3) is 11.0 Å². The molecule has 1 aromatic carbocycles. The van der Waals surface area contributed by atoms with Crippen molar-refractivity contribution >= 4 is 22.7 Å². The van der Waals surface area contributed by atoms with E-state index in [0.717, 1.165) is 46.8 Å². The lowest BCUT2D eigenvalue weighted by Gasteiger charge is -2.18. The number of rotatable bonds is 6. The predicted molar refractivity (Wildman–Crippen MR) is 83.3 cm³/mol. The van der Waals surface area contributed by atoms with E-state index < -0.39 is 0 Å². The molecule has 0 aliphatic rings. The lowest BCUT2D eigenvalue weighted by molar-refractivity contribution is 0.547.